The average Bonchev–Trinajstić information content (AvgIpc) is 3.95. The predicted molar refractivity (Wildman–Crippen MR) is 181 cm³/mol. The molecular weight excluding hydrogens is 586 g/mol. The molecule has 0 amide bonds. The summed E-state index contributed by atoms with van der Waals surface area (Å²) >= 11 is 0. The van der Waals surface area contributed by atoms with Crippen LogP contribution in [0.3, 0.4) is 0 Å². The van der Waals surface area contributed by atoms with Crippen LogP contribution in [0, 0.1) is 0 Å². The maximum atomic E-state index is 5.31. The third-order valence-corrected chi connectivity index (χ3v) is 9.26. The molecule has 11 heteroatoms. The number of anilines is 1. The lowest BCUT2D eigenvalue weighted by Crippen LogP contribution is -2.52. The second-order valence-electron chi connectivity index (χ2n) is 11.7. The van der Waals surface area contributed by atoms with Crippen LogP contribution in [-0.4, -0.2) is 49.9 Å². The van der Waals surface area contributed by atoms with E-state index in [0.29, 0.717) is 5.82 Å². The maximum absolute atomic E-state index is 5.31. The van der Waals surface area contributed by atoms with Crippen LogP contribution in [0.1, 0.15) is 29.0 Å². The normalized spacial score (nSPS) is 18.4. The maximum Gasteiger partial charge on any atom is 0.194 e. The largest absolute Gasteiger partial charge is 0.361 e. The highest BCUT2D eigenvalue weighted by Crippen LogP contribution is 2.60. The Hall–Kier alpha value is -6.62. The Morgan fingerprint density at radius 3 is 2.38 bits per heavy atom. The SMILES string of the molecule is c1c[nH]c(C2(n3ncc4ccccc43)C(c3nc4ccccc4[nH]3)C(c3cc4ccccc4[nH]3)=C(c3ncc[nH]3)N2c2ccn[nH]2)c1. The molecule has 5 N–H and O–H groups in total. The third kappa shape index (κ3) is 3.56. The summed E-state index contributed by atoms with van der Waals surface area (Å²) in [7, 11) is 0. The minimum atomic E-state index is -1.08. The Labute approximate surface area is 267 Å². The van der Waals surface area contributed by atoms with Gasteiger partial charge in [0.1, 0.15) is 11.6 Å². The Bertz CT molecular complexity index is 2480. The van der Waals surface area contributed by atoms with Crippen LogP contribution < -0.4 is 4.90 Å². The highest BCUT2D eigenvalue weighted by Gasteiger charge is 2.61. The van der Waals surface area contributed by atoms with E-state index < -0.39 is 11.6 Å². The van der Waals surface area contributed by atoms with Crippen molar-refractivity contribution in [1.29, 1.82) is 0 Å². The summed E-state index contributed by atoms with van der Waals surface area (Å²) < 4.78 is 2.12. The minimum absolute atomic E-state index is 0.465. The van der Waals surface area contributed by atoms with Crippen molar-refractivity contribution in [2.75, 3.05) is 4.90 Å². The van der Waals surface area contributed by atoms with Crippen LogP contribution in [0.5, 0.6) is 0 Å². The average molecular weight is 614 g/mol. The number of aromatic nitrogens is 10. The van der Waals surface area contributed by atoms with Crippen LogP contribution in [0.4, 0.5) is 5.82 Å². The number of rotatable bonds is 6. The topological polar surface area (TPSA) is 139 Å². The summed E-state index contributed by atoms with van der Waals surface area (Å²) in [5.74, 6) is 1.77. The van der Waals surface area contributed by atoms with Crippen molar-refractivity contribution in [2.24, 2.45) is 0 Å². The lowest BCUT2D eigenvalue weighted by molar-refractivity contribution is 0.309. The van der Waals surface area contributed by atoms with Gasteiger partial charge in [-0.15, -0.1) is 0 Å². The van der Waals surface area contributed by atoms with E-state index in [0.717, 1.165) is 67.1 Å². The second kappa shape index (κ2) is 9.69. The van der Waals surface area contributed by atoms with Crippen molar-refractivity contribution in [1.82, 2.24) is 49.9 Å². The zero-order chi connectivity index (χ0) is 31.0. The molecule has 3 aromatic carbocycles. The molecular formula is C36H27N11. The molecule has 11 nitrogen and oxygen atoms in total. The first-order valence-corrected chi connectivity index (χ1v) is 15.4. The quantitative estimate of drug-likeness (QED) is 0.141. The number of nitrogens with one attached hydrogen (secondary N) is 5. The van der Waals surface area contributed by atoms with Gasteiger partial charge in [-0.05, 0) is 47.9 Å². The highest BCUT2D eigenvalue weighted by atomic mass is 15.5. The van der Waals surface area contributed by atoms with Gasteiger partial charge in [-0.3, -0.25) is 10.00 Å². The number of para-hydroxylation sites is 4. The van der Waals surface area contributed by atoms with Crippen molar-refractivity contribution in [3.63, 3.8) is 0 Å². The smallest absolute Gasteiger partial charge is 0.194 e. The standard InChI is InChI=1S/C36H27N11/c1-3-10-24-22(8-1)20-27(42-24)31-32(34-43-25-11-4-5-12-26(25)44-34)36(29-14-7-16-37-29,47-28-13-6-2-9-23(28)21-41-47)46(30-15-17-40-45-30)33(31)35-38-18-19-39-35/h1-21,32,37,42H,(H,38,39)(H,40,45)(H,43,44). The molecule has 6 aromatic heterocycles. The van der Waals surface area contributed by atoms with E-state index in [4.69, 9.17) is 15.1 Å². The summed E-state index contributed by atoms with van der Waals surface area (Å²) in [6.45, 7) is 0. The van der Waals surface area contributed by atoms with E-state index in [2.05, 4.69) is 88.2 Å². The van der Waals surface area contributed by atoms with Gasteiger partial charge >= 0.3 is 0 Å². The molecule has 0 radical (unpaired) electrons. The Kier molecular flexibility index (Phi) is 5.29. The molecule has 1 aliphatic rings. The number of nitrogens with zero attached hydrogens (tertiary/aromatic N) is 6. The lowest BCUT2D eigenvalue weighted by Gasteiger charge is -2.43. The monoisotopic (exact) mass is 613 g/mol. The molecule has 7 heterocycles. The zero-order valence-electron chi connectivity index (χ0n) is 24.9. The van der Waals surface area contributed by atoms with Gasteiger partial charge in [0.2, 0.25) is 0 Å². The Morgan fingerprint density at radius 2 is 1.60 bits per heavy atom. The fraction of sp³-hybridized carbons (Fsp3) is 0.0556. The van der Waals surface area contributed by atoms with Gasteiger partial charge in [0.05, 0.1) is 46.3 Å². The molecule has 0 saturated carbocycles. The number of aromatic amines is 5. The number of hydrogen-bond donors (Lipinski definition) is 5. The molecule has 226 valence electrons. The molecule has 2 atom stereocenters. The summed E-state index contributed by atoms with van der Waals surface area (Å²) in [5.41, 5.74) is 6.43. The summed E-state index contributed by atoms with van der Waals surface area (Å²) in [5, 5.41) is 15.1. The van der Waals surface area contributed by atoms with Gasteiger partial charge in [0, 0.05) is 46.8 Å². The fourth-order valence-corrected chi connectivity index (χ4v) is 7.41. The van der Waals surface area contributed by atoms with Gasteiger partial charge in [-0.25, -0.2) is 14.6 Å². The van der Waals surface area contributed by atoms with Crippen molar-refractivity contribution >= 4 is 49.9 Å². The first kappa shape index (κ1) is 25.7. The number of fused-ring (bicyclic) bond motifs is 3. The number of hydrogen-bond acceptors (Lipinski definition) is 5. The second-order valence-corrected chi connectivity index (χ2v) is 11.7. The summed E-state index contributed by atoms with van der Waals surface area (Å²) in [4.78, 5) is 27.0. The lowest BCUT2D eigenvalue weighted by atomic mass is 9.83. The molecule has 1 aliphatic heterocycles. The molecule has 0 saturated heterocycles. The van der Waals surface area contributed by atoms with Gasteiger partial charge in [0.15, 0.2) is 11.5 Å². The van der Waals surface area contributed by atoms with E-state index in [1.807, 2.05) is 67.1 Å². The van der Waals surface area contributed by atoms with Crippen molar-refractivity contribution in [2.45, 2.75) is 11.6 Å². The van der Waals surface area contributed by atoms with Crippen LogP contribution >= 0.6 is 0 Å². The van der Waals surface area contributed by atoms with Gasteiger partial charge < -0.3 is 19.9 Å². The van der Waals surface area contributed by atoms with Gasteiger partial charge in [0.25, 0.3) is 0 Å². The molecule has 10 rings (SSSR count). The number of benzene rings is 3. The molecule has 2 unspecified atom stereocenters. The minimum Gasteiger partial charge on any atom is -0.361 e. The molecule has 0 fully saturated rings. The van der Waals surface area contributed by atoms with Crippen molar-refractivity contribution < 1.29 is 0 Å². The predicted octanol–water partition coefficient (Wildman–Crippen LogP) is 6.74. The molecule has 47 heavy (non-hydrogen) atoms. The Morgan fingerprint density at radius 1 is 0.745 bits per heavy atom. The first-order valence-electron chi connectivity index (χ1n) is 15.4. The number of H-pyrrole nitrogens is 5. The fourth-order valence-electron chi connectivity index (χ4n) is 7.41. The molecule has 0 spiro atoms. The third-order valence-electron chi connectivity index (χ3n) is 9.26. The van der Waals surface area contributed by atoms with Crippen LogP contribution in [0.25, 0.3) is 44.1 Å². The Balaban J connectivity index is 1.42. The number of imidazole rings is 2. The van der Waals surface area contributed by atoms with Crippen LogP contribution in [0.15, 0.2) is 128 Å². The van der Waals surface area contributed by atoms with Crippen molar-refractivity contribution in [3.8, 4) is 0 Å². The zero-order valence-corrected chi connectivity index (χ0v) is 24.9. The summed E-state index contributed by atoms with van der Waals surface area (Å²) in [6, 6.07) is 33.1. The van der Waals surface area contributed by atoms with E-state index in [1.54, 1.807) is 12.4 Å². The van der Waals surface area contributed by atoms with Crippen LogP contribution in [0.2, 0.25) is 0 Å². The van der Waals surface area contributed by atoms with E-state index >= 15 is 0 Å². The van der Waals surface area contributed by atoms with Crippen molar-refractivity contribution in [3.05, 3.63) is 151 Å². The highest BCUT2D eigenvalue weighted by molar-refractivity contribution is 6.04. The summed E-state index contributed by atoms with van der Waals surface area (Å²) in [6.07, 6.45) is 9.28. The van der Waals surface area contributed by atoms with Gasteiger partial charge in [-0.2, -0.15) is 10.2 Å². The van der Waals surface area contributed by atoms with Crippen LogP contribution in [-0.2, 0) is 5.66 Å². The molecule has 9 aromatic rings. The van der Waals surface area contributed by atoms with Gasteiger partial charge in [-0.1, -0.05) is 48.5 Å². The van der Waals surface area contributed by atoms with E-state index in [9.17, 15) is 0 Å². The first-order chi connectivity index (χ1) is 23.3. The van der Waals surface area contributed by atoms with E-state index in [1.165, 1.54) is 0 Å². The van der Waals surface area contributed by atoms with E-state index in [-0.39, 0.29) is 0 Å². The molecule has 0 aliphatic carbocycles. The molecule has 0 bridgehead atoms.